The first-order valence-corrected chi connectivity index (χ1v) is 9.49. The third-order valence-electron chi connectivity index (χ3n) is 4.37. The van der Waals surface area contributed by atoms with E-state index in [-0.39, 0.29) is 30.2 Å². The van der Waals surface area contributed by atoms with Crippen LogP contribution in [0, 0.1) is 16.0 Å². The van der Waals surface area contributed by atoms with Crippen molar-refractivity contribution in [2.45, 2.75) is 33.2 Å². The fourth-order valence-corrected chi connectivity index (χ4v) is 3.15. The summed E-state index contributed by atoms with van der Waals surface area (Å²) in [5.41, 5.74) is -0.907. The topological polar surface area (TPSA) is 148 Å². The molecule has 2 N–H and O–H groups in total. The number of nitro benzene ring substituents is 1. The highest BCUT2D eigenvalue weighted by molar-refractivity contribution is 6.24. The molecule has 0 fully saturated rings. The summed E-state index contributed by atoms with van der Waals surface area (Å²) in [6.45, 7) is 5.26. The first-order chi connectivity index (χ1) is 14.1. The number of nitrogens with zero attached hydrogens (tertiary/aromatic N) is 2. The molecule has 0 saturated heterocycles. The Bertz CT molecular complexity index is 868. The number of benzene rings is 1. The third-order valence-corrected chi connectivity index (χ3v) is 4.37. The van der Waals surface area contributed by atoms with E-state index >= 15 is 0 Å². The van der Waals surface area contributed by atoms with Crippen LogP contribution >= 0.6 is 0 Å². The van der Waals surface area contributed by atoms with E-state index in [0.717, 1.165) is 6.07 Å². The molecule has 1 aromatic rings. The molecule has 0 spiro atoms. The van der Waals surface area contributed by atoms with E-state index in [1.165, 1.54) is 12.1 Å². The number of carbonyl (C=O) groups excluding carboxylic acids is 4. The Morgan fingerprint density at radius 1 is 1.23 bits per heavy atom. The zero-order valence-electron chi connectivity index (χ0n) is 17.0. The summed E-state index contributed by atoms with van der Waals surface area (Å²) in [5, 5.41) is 16.4. The van der Waals surface area contributed by atoms with Crippen LogP contribution in [0.5, 0.6) is 0 Å². The van der Waals surface area contributed by atoms with Gasteiger partial charge < -0.3 is 15.4 Å². The molecule has 4 amide bonds. The zero-order valence-corrected chi connectivity index (χ0v) is 17.0. The van der Waals surface area contributed by atoms with Gasteiger partial charge in [0.1, 0.15) is 12.1 Å². The van der Waals surface area contributed by atoms with E-state index in [4.69, 9.17) is 4.74 Å². The maximum absolute atomic E-state index is 12.5. The minimum atomic E-state index is -0.888. The molecular formula is C19H24N4O7. The molecule has 11 nitrogen and oxygen atoms in total. The second kappa shape index (κ2) is 9.81. The molecule has 30 heavy (non-hydrogen) atoms. The molecule has 0 radical (unpaired) electrons. The molecular weight excluding hydrogens is 396 g/mol. The maximum atomic E-state index is 12.5. The normalized spacial score (nSPS) is 13.8. The average Bonchev–Trinajstić information content (AvgIpc) is 2.90. The standard InChI is InChI=1S/C19H24N4O7/c1-4-30-19(27)21-12(8-11(2)3)9-20-15(24)10-22-17(25)13-6-5-7-14(23(28)29)16(13)18(22)26/h5-7,11-12H,4,8-10H2,1-3H3,(H,20,24)(H,21,27). The molecule has 1 aromatic carbocycles. The Hall–Kier alpha value is -3.50. The van der Waals surface area contributed by atoms with Crippen molar-refractivity contribution in [2.24, 2.45) is 5.92 Å². The monoisotopic (exact) mass is 420 g/mol. The van der Waals surface area contributed by atoms with Crippen LogP contribution in [0.15, 0.2) is 18.2 Å². The number of imide groups is 1. The molecule has 0 aliphatic carbocycles. The molecule has 1 aliphatic rings. The molecule has 2 rings (SSSR count). The van der Waals surface area contributed by atoms with Gasteiger partial charge in [-0.15, -0.1) is 0 Å². The SMILES string of the molecule is CCOC(=O)NC(CNC(=O)CN1C(=O)c2cccc([N+](=O)[O-])c2C1=O)CC(C)C. The van der Waals surface area contributed by atoms with Gasteiger partial charge in [-0.1, -0.05) is 19.9 Å². The summed E-state index contributed by atoms with van der Waals surface area (Å²) < 4.78 is 4.85. The minimum absolute atomic E-state index is 0.0686. The van der Waals surface area contributed by atoms with E-state index in [1.54, 1.807) is 6.92 Å². The number of nitro groups is 1. The molecule has 162 valence electrons. The quantitative estimate of drug-likeness (QED) is 0.349. The fraction of sp³-hybridized carbons (Fsp3) is 0.474. The lowest BCUT2D eigenvalue weighted by Gasteiger charge is -2.21. The van der Waals surface area contributed by atoms with Crippen molar-refractivity contribution in [2.75, 3.05) is 19.7 Å². The third kappa shape index (κ3) is 5.31. The van der Waals surface area contributed by atoms with Crippen LogP contribution in [0.25, 0.3) is 0 Å². The van der Waals surface area contributed by atoms with Crippen molar-refractivity contribution >= 4 is 29.5 Å². The smallest absolute Gasteiger partial charge is 0.407 e. The van der Waals surface area contributed by atoms with Gasteiger partial charge in [0.25, 0.3) is 17.5 Å². The number of alkyl carbamates (subject to hydrolysis) is 1. The lowest BCUT2D eigenvalue weighted by atomic mass is 10.0. The molecule has 11 heteroatoms. The highest BCUT2D eigenvalue weighted by atomic mass is 16.6. The Kier molecular flexibility index (Phi) is 7.45. The van der Waals surface area contributed by atoms with Crippen LogP contribution in [0.3, 0.4) is 0 Å². The highest BCUT2D eigenvalue weighted by Gasteiger charge is 2.41. The largest absolute Gasteiger partial charge is 0.450 e. The molecule has 0 aromatic heterocycles. The summed E-state index contributed by atoms with van der Waals surface area (Å²) in [4.78, 5) is 60.0. The van der Waals surface area contributed by atoms with Crippen LogP contribution in [0.1, 0.15) is 47.9 Å². The van der Waals surface area contributed by atoms with E-state index in [1.807, 2.05) is 13.8 Å². The first kappa shape index (κ1) is 22.8. The van der Waals surface area contributed by atoms with Gasteiger partial charge in [-0.05, 0) is 25.3 Å². The van der Waals surface area contributed by atoms with Crippen molar-refractivity contribution in [3.8, 4) is 0 Å². The Morgan fingerprint density at radius 3 is 2.53 bits per heavy atom. The van der Waals surface area contributed by atoms with Gasteiger partial charge in [0.2, 0.25) is 5.91 Å². The second-order valence-corrected chi connectivity index (χ2v) is 7.15. The van der Waals surface area contributed by atoms with Crippen molar-refractivity contribution in [3.63, 3.8) is 0 Å². The van der Waals surface area contributed by atoms with Gasteiger partial charge in [0, 0.05) is 18.7 Å². The summed E-state index contributed by atoms with van der Waals surface area (Å²) in [7, 11) is 0. The number of fused-ring (bicyclic) bond motifs is 1. The molecule has 1 aliphatic heterocycles. The second-order valence-electron chi connectivity index (χ2n) is 7.15. The van der Waals surface area contributed by atoms with Gasteiger partial charge in [0.15, 0.2) is 0 Å². The molecule has 0 bridgehead atoms. The van der Waals surface area contributed by atoms with Gasteiger partial charge in [-0.3, -0.25) is 29.4 Å². The maximum Gasteiger partial charge on any atom is 0.407 e. The number of carbonyl (C=O) groups is 4. The van der Waals surface area contributed by atoms with Crippen LogP contribution in [-0.4, -0.2) is 59.4 Å². The summed E-state index contributed by atoms with van der Waals surface area (Å²) >= 11 is 0. The number of amides is 4. The van der Waals surface area contributed by atoms with E-state index in [2.05, 4.69) is 10.6 Å². The van der Waals surface area contributed by atoms with Gasteiger partial charge >= 0.3 is 6.09 Å². The minimum Gasteiger partial charge on any atom is -0.450 e. The van der Waals surface area contributed by atoms with Crippen LogP contribution in [0.2, 0.25) is 0 Å². The fourth-order valence-electron chi connectivity index (χ4n) is 3.15. The Balaban J connectivity index is 2.02. The van der Waals surface area contributed by atoms with Gasteiger partial charge in [-0.25, -0.2) is 4.79 Å². The van der Waals surface area contributed by atoms with Crippen molar-refractivity contribution < 1.29 is 28.8 Å². The average molecular weight is 420 g/mol. The number of ether oxygens (including phenoxy) is 1. The first-order valence-electron chi connectivity index (χ1n) is 9.49. The van der Waals surface area contributed by atoms with Crippen LogP contribution < -0.4 is 10.6 Å². The predicted octanol–water partition coefficient (Wildman–Crippen LogP) is 1.47. The van der Waals surface area contributed by atoms with E-state index < -0.39 is 47.0 Å². The highest BCUT2D eigenvalue weighted by Crippen LogP contribution is 2.30. The molecule has 1 atom stereocenters. The summed E-state index contributed by atoms with van der Waals surface area (Å²) in [5.74, 6) is -2.06. The zero-order chi connectivity index (χ0) is 22.4. The van der Waals surface area contributed by atoms with Crippen molar-refractivity contribution in [1.29, 1.82) is 0 Å². The van der Waals surface area contributed by atoms with E-state index in [0.29, 0.717) is 11.3 Å². The predicted molar refractivity (Wildman–Crippen MR) is 105 cm³/mol. The van der Waals surface area contributed by atoms with E-state index in [9.17, 15) is 29.3 Å². The summed E-state index contributed by atoms with van der Waals surface area (Å²) in [6, 6.07) is 3.34. The number of hydrogen-bond acceptors (Lipinski definition) is 7. The molecule has 1 unspecified atom stereocenters. The summed E-state index contributed by atoms with van der Waals surface area (Å²) in [6.07, 6.45) is -0.0387. The molecule has 0 saturated carbocycles. The van der Waals surface area contributed by atoms with Crippen molar-refractivity contribution in [3.05, 3.63) is 39.4 Å². The van der Waals surface area contributed by atoms with Gasteiger partial charge in [0.05, 0.1) is 17.1 Å². The Morgan fingerprint density at radius 2 is 1.93 bits per heavy atom. The number of nitrogens with one attached hydrogen (secondary N) is 2. The lowest BCUT2D eigenvalue weighted by molar-refractivity contribution is -0.385. The number of rotatable bonds is 9. The van der Waals surface area contributed by atoms with Crippen LogP contribution in [-0.2, 0) is 9.53 Å². The van der Waals surface area contributed by atoms with Crippen LogP contribution in [0.4, 0.5) is 10.5 Å². The molecule has 1 heterocycles. The number of hydrogen-bond donors (Lipinski definition) is 2. The van der Waals surface area contributed by atoms with Crippen molar-refractivity contribution in [1.82, 2.24) is 15.5 Å². The van der Waals surface area contributed by atoms with Gasteiger partial charge in [-0.2, -0.15) is 0 Å². The lowest BCUT2D eigenvalue weighted by Crippen LogP contribution is -2.47. The Labute approximate surface area is 172 Å².